The maximum absolute atomic E-state index is 5.65. The van der Waals surface area contributed by atoms with E-state index in [1.54, 1.807) is 6.92 Å². The summed E-state index contributed by atoms with van der Waals surface area (Å²) in [7, 11) is 0. The van der Waals surface area contributed by atoms with Gasteiger partial charge in [0.05, 0.1) is 12.6 Å². The van der Waals surface area contributed by atoms with Gasteiger partial charge in [-0.3, -0.25) is 0 Å². The third-order valence-electron chi connectivity index (χ3n) is 2.25. The molecule has 0 aliphatic rings. The zero-order valence-corrected chi connectivity index (χ0v) is 9.88. The first-order chi connectivity index (χ1) is 8.20. The molecule has 0 radical (unpaired) electrons. The molecule has 5 nitrogen and oxygen atoms in total. The van der Waals surface area contributed by atoms with Crippen LogP contribution in [0.25, 0.3) is 11.4 Å². The van der Waals surface area contributed by atoms with E-state index in [1.807, 2.05) is 31.2 Å². The molecule has 0 saturated heterocycles. The highest BCUT2D eigenvalue weighted by Crippen LogP contribution is 2.20. The molecule has 0 saturated carbocycles. The van der Waals surface area contributed by atoms with Gasteiger partial charge in [0.1, 0.15) is 5.75 Å². The van der Waals surface area contributed by atoms with Crippen molar-refractivity contribution in [2.24, 2.45) is 5.73 Å². The molecule has 2 aromatic rings. The molecule has 5 heteroatoms. The van der Waals surface area contributed by atoms with Gasteiger partial charge in [0, 0.05) is 5.56 Å². The molecule has 0 aliphatic heterocycles. The minimum Gasteiger partial charge on any atom is -0.494 e. The zero-order chi connectivity index (χ0) is 12.3. The largest absolute Gasteiger partial charge is 0.494 e. The Kier molecular flexibility index (Phi) is 3.39. The lowest BCUT2D eigenvalue weighted by Gasteiger charge is -2.02. The number of aromatic nitrogens is 2. The number of hydrogen-bond donors (Lipinski definition) is 1. The van der Waals surface area contributed by atoms with Gasteiger partial charge in [-0.25, -0.2) is 0 Å². The van der Waals surface area contributed by atoms with Crippen LogP contribution in [0.5, 0.6) is 5.75 Å². The van der Waals surface area contributed by atoms with E-state index in [4.69, 9.17) is 15.0 Å². The Morgan fingerprint density at radius 3 is 2.59 bits per heavy atom. The van der Waals surface area contributed by atoms with Crippen LogP contribution in [0.4, 0.5) is 0 Å². The average Bonchev–Trinajstić information content (AvgIpc) is 2.80. The van der Waals surface area contributed by atoms with Crippen LogP contribution in [-0.4, -0.2) is 16.7 Å². The summed E-state index contributed by atoms with van der Waals surface area (Å²) in [5.74, 6) is 1.81. The predicted molar refractivity (Wildman–Crippen MR) is 63.5 cm³/mol. The van der Waals surface area contributed by atoms with Gasteiger partial charge in [-0.2, -0.15) is 4.98 Å². The van der Waals surface area contributed by atoms with E-state index >= 15 is 0 Å². The van der Waals surface area contributed by atoms with Crippen LogP contribution in [0.1, 0.15) is 25.8 Å². The van der Waals surface area contributed by atoms with Gasteiger partial charge < -0.3 is 15.0 Å². The molecule has 1 unspecified atom stereocenters. The topological polar surface area (TPSA) is 74.2 Å². The normalized spacial score (nSPS) is 12.4. The van der Waals surface area contributed by atoms with Gasteiger partial charge in [-0.1, -0.05) is 5.16 Å². The SMILES string of the molecule is CCOc1ccc(-c2noc(C(C)N)n2)cc1. The highest BCUT2D eigenvalue weighted by atomic mass is 16.5. The van der Waals surface area contributed by atoms with E-state index in [1.165, 1.54) is 0 Å². The van der Waals surface area contributed by atoms with Crippen molar-refractivity contribution in [2.75, 3.05) is 6.61 Å². The van der Waals surface area contributed by atoms with Crippen LogP contribution >= 0.6 is 0 Å². The van der Waals surface area contributed by atoms with Gasteiger partial charge >= 0.3 is 0 Å². The first-order valence-electron chi connectivity index (χ1n) is 5.53. The monoisotopic (exact) mass is 233 g/mol. The van der Waals surface area contributed by atoms with E-state index in [9.17, 15) is 0 Å². The number of benzene rings is 1. The summed E-state index contributed by atoms with van der Waals surface area (Å²) in [4.78, 5) is 4.21. The minimum atomic E-state index is -0.251. The Balaban J connectivity index is 2.21. The molecule has 0 bridgehead atoms. The van der Waals surface area contributed by atoms with Crippen LogP contribution in [-0.2, 0) is 0 Å². The van der Waals surface area contributed by atoms with Crippen molar-refractivity contribution in [2.45, 2.75) is 19.9 Å². The van der Waals surface area contributed by atoms with Crippen molar-refractivity contribution < 1.29 is 9.26 Å². The minimum absolute atomic E-state index is 0.251. The fraction of sp³-hybridized carbons (Fsp3) is 0.333. The Morgan fingerprint density at radius 1 is 1.35 bits per heavy atom. The molecule has 1 aromatic heterocycles. The van der Waals surface area contributed by atoms with E-state index < -0.39 is 0 Å². The molecule has 1 aromatic carbocycles. The molecule has 0 spiro atoms. The quantitative estimate of drug-likeness (QED) is 0.875. The van der Waals surface area contributed by atoms with Crippen molar-refractivity contribution in [1.29, 1.82) is 0 Å². The zero-order valence-electron chi connectivity index (χ0n) is 9.88. The maximum atomic E-state index is 5.65. The number of hydrogen-bond acceptors (Lipinski definition) is 5. The third kappa shape index (κ3) is 2.62. The van der Waals surface area contributed by atoms with Gasteiger partial charge in [0.25, 0.3) is 0 Å². The number of nitrogens with zero attached hydrogens (tertiary/aromatic N) is 2. The Morgan fingerprint density at radius 2 is 2.06 bits per heavy atom. The standard InChI is InChI=1S/C12H15N3O2/c1-3-16-10-6-4-9(5-7-10)11-14-12(8(2)13)17-15-11/h4-8H,3,13H2,1-2H3. The number of rotatable bonds is 4. The van der Waals surface area contributed by atoms with Crippen molar-refractivity contribution in [3.63, 3.8) is 0 Å². The van der Waals surface area contributed by atoms with Gasteiger partial charge in [-0.15, -0.1) is 0 Å². The van der Waals surface area contributed by atoms with Crippen LogP contribution in [0.2, 0.25) is 0 Å². The van der Waals surface area contributed by atoms with E-state index in [-0.39, 0.29) is 6.04 Å². The number of nitrogens with two attached hydrogens (primary N) is 1. The highest BCUT2D eigenvalue weighted by Gasteiger charge is 2.11. The molecule has 1 atom stereocenters. The second kappa shape index (κ2) is 4.97. The first kappa shape index (κ1) is 11.6. The molecule has 0 aliphatic carbocycles. The fourth-order valence-corrected chi connectivity index (χ4v) is 1.40. The van der Waals surface area contributed by atoms with Crippen LogP contribution in [0, 0.1) is 0 Å². The molecule has 0 fully saturated rings. The summed E-state index contributed by atoms with van der Waals surface area (Å²) < 4.78 is 10.4. The average molecular weight is 233 g/mol. The molecule has 2 N–H and O–H groups in total. The molecule has 2 rings (SSSR count). The van der Waals surface area contributed by atoms with Crippen molar-refractivity contribution >= 4 is 0 Å². The molecule has 1 heterocycles. The van der Waals surface area contributed by atoms with Crippen molar-refractivity contribution in [3.8, 4) is 17.1 Å². The maximum Gasteiger partial charge on any atom is 0.243 e. The van der Waals surface area contributed by atoms with Crippen molar-refractivity contribution in [1.82, 2.24) is 10.1 Å². The predicted octanol–water partition coefficient (Wildman–Crippen LogP) is 2.16. The Bertz CT molecular complexity index is 477. The van der Waals surface area contributed by atoms with Gasteiger partial charge in [0.15, 0.2) is 0 Å². The lowest BCUT2D eigenvalue weighted by molar-refractivity contribution is 0.340. The Hall–Kier alpha value is -1.88. The lowest BCUT2D eigenvalue weighted by Crippen LogP contribution is -2.04. The van der Waals surface area contributed by atoms with E-state index in [0.717, 1.165) is 11.3 Å². The van der Waals surface area contributed by atoms with E-state index in [0.29, 0.717) is 18.3 Å². The van der Waals surface area contributed by atoms with E-state index in [2.05, 4.69) is 10.1 Å². The fourth-order valence-electron chi connectivity index (χ4n) is 1.40. The summed E-state index contributed by atoms with van der Waals surface area (Å²) in [6.07, 6.45) is 0. The number of ether oxygens (including phenoxy) is 1. The summed E-state index contributed by atoms with van der Waals surface area (Å²) in [6.45, 7) is 4.40. The molecule has 90 valence electrons. The van der Waals surface area contributed by atoms with Gasteiger partial charge in [-0.05, 0) is 38.1 Å². The summed E-state index contributed by atoms with van der Waals surface area (Å²) >= 11 is 0. The summed E-state index contributed by atoms with van der Waals surface area (Å²) in [5.41, 5.74) is 6.53. The molecular weight excluding hydrogens is 218 g/mol. The van der Waals surface area contributed by atoms with Crippen LogP contribution in [0.3, 0.4) is 0 Å². The second-order valence-corrected chi connectivity index (χ2v) is 3.70. The smallest absolute Gasteiger partial charge is 0.243 e. The highest BCUT2D eigenvalue weighted by molar-refractivity contribution is 5.55. The summed E-state index contributed by atoms with van der Waals surface area (Å²) in [6, 6.07) is 7.28. The van der Waals surface area contributed by atoms with Crippen LogP contribution in [0.15, 0.2) is 28.8 Å². The van der Waals surface area contributed by atoms with Crippen LogP contribution < -0.4 is 10.5 Å². The van der Waals surface area contributed by atoms with Crippen molar-refractivity contribution in [3.05, 3.63) is 30.2 Å². The molecule has 17 heavy (non-hydrogen) atoms. The first-order valence-corrected chi connectivity index (χ1v) is 5.53. The molecular formula is C12H15N3O2. The van der Waals surface area contributed by atoms with Gasteiger partial charge in [0.2, 0.25) is 11.7 Å². The Labute approximate surface area is 99.6 Å². The summed E-state index contributed by atoms with van der Waals surface area (Å²) in [5, 5.41) is 3.88. The second-order valence-electron chi connectivity index (χ2n) is 3.70. The third-order valence-corrected chi connectivity index (χ3v) is 2.25. The molecule has 0 amide bonds. The lowest BCUT2D eigenvalue weighted by atomic mass is 10.2.